The van der Waals surface area contributed by atoms with E-state index in [2.05, 4.69) is 10.5 Å². The van der Waals surface area contributed by atoms with Gasteiger partial charge >= 0.3 is 0 Å². The summed E-state index contributed by atoms with van der Waals surface area (Å²) >= 11 is 0. The molecule has 0 aromatic heterocycles. The molecule has 6 heteroatoms. The minimum Gasteiger partial charge on any atom is -0.409 e. The molecule has 0 radical (unpaired) electrons. The predicted octanol–water partition coefficient (Wildman–Crippen LogP) is 1.78. The van der Waals surface area contributed by atoms with E-state index in [9.17, 15) is 9.18 Å². The Morgan fingerprint density at radius 3 is 2.79 bits per heavy atom. The maximum absolute atomic E-state index is 13.1. The zero-order valence-corrected chi connectivity index (χ0v) is 11.0. The third-order valence-corrected chi connectivity index (χ3v) is 2.78. The van der Waals surface area contributed by atoms with Crippen LogP contribution in [0.2, 0.25) is 0 Å². The van der Waals surface area contributed by atoms with Crippen molar-refractivity contribution in [3.63, 3.8) is 0 Å². The summed E-state index contributed by atoms with van der Waals surface area (Å²) in [6.45, 7) is 3.50. The van der Waals surface area contributed by atoms with Gasteiger partial charge in [0.2, 0.25) is 0 Å². The van der Waals surface area contributed by atoms with Crippen LogP contribution < -0.4 is 11.1 Å². The molecule has 5 nitrogen and oxygen atoms in total. The van der Waals surface area contributed by atoms with E-state index in [1.165, 1.54) is 18.2 Å². The van der Waals surface area contributed by atoms with Crippen LogP contribution in [0.5, 0.6) is 0 Å². The Balaban J connectivity index is 2.84. The van der Waals surface area contributed by atoms with Crippen LogP contribution in [0.4, 0.5) is 4.39 Å². The highest BCUT2D eigenvalue weighted by Gasteiger charge is 2.17. The fraction of sp³-hybridized carbons (Fsp3) is 0.385. The average Bonchev–Trinajstić information content (AvgIpc) is 2.40. The van der Waals surface area contributed by atoms with Crippen LogP contribution in [-0.2, 0) is 0 Å². The summed E-state index contributed by atoms with van der Waals surface area (Å²) in [4.78, 5) is 12.0. The van der Waals surface area contributed by atoms with Gasteiger partial charge in [0, 0.05) is 5.56 Å². The van der Waals surface area contributed by atoms with Crippen LogP contribution in [0.25, 0.3) is 0 Å². The van der Waals surface area contributed by atoms with Gasteiger partial charge in [-0.1, -0.05) is 18.5 Å². The van der Waals surface area contributed by atoms with Gasteiger partial charge in [0.15, 0.2) is 5.84 Å². The molecule has 0 bridgehead atoms. The maximum Gasteiger partial charge on any atom is 0.251 e. The SMILES string of the molecule is CCCC(NC(=O)c1ccc(F)c(C)c1)C(N)=NO. The van der Waals surface area contributed by atoms with Crippen molar-refractivity contribution in [2.24, 2.45) is 10.9 Å². The van der Waals surface area contributed by atoms with Gasteiger partial charge in [-0.15, -0.1) is 0 Å². The van der Waals surface area contributed by atoms with Gasteiger partial charge in [0.1, 0.15) is 5.82 Å². The number of hydrogen-bond donors (Lipinski definition) is 3. The fourth-order valence-corrected chi connectivity index (χ4v) is 1.68. The molecule has 0 aliphatic rings. The molecule has 0 aliphatic carbocycles. The highest BCUT2D eigenvalue weighted by molar-refractivity contribution is 5.98. The normalized spacial score (nSPS) is 13.1. The van der Waals surface area contributed by atoms with Crippen molar-refractivity contribution in [3.05, 3.63) is 35.1 Å². The zero-order valence-electron chi connectivity index (χ0n) is 11.0. The number of nitrogens with zero attached hydrogens (tertiary/aromatic N) is 1. The first-order chi connectivity index (χ1) is 8.99. The lowest BCUT2D eigenvalue weighted by Gasteiger charge is -2.16. The van der Waals surface area contributed by atoms with Gasteiger partial charge in [0.05, 0.1) is 6.04 Å². The summed E-state index contributed by atoms with van der Waals surface area (Å²) in [6.07, 6.45) is 1.32. The third-order valence-electron chi connectivity index (χ3n) is 2.78. The number of nitrogens with two attached hydrogens (primary N) is 1. The van der Waals surface area contributed by atoms with Crippen molar-refractivity contribution in [2.45, 2.75) is 32.7 Å². The van der Waals surface area contributed by atoms with Crippen LogP contribution in [0.15, 0.2) is 23.4 Å². The first-order valence-corrected chi connectivity index (χ1v) is 6.04. The quantitative estimate of drug-likeness (QED) is 0.329. The molecule has 0 fully saturated rings. The van der Waals surface area contributed by atoms with Gasteiger partial charge in [-0.25, -0.2) is 4.39 Å². The summed E-state index contributed by atoms with van der Waals surface area (Å²) in [5, 5.41) is 14.2. The molecular formula is C13H18FN3O2. The number of carbonyl (C=O) groups excluding carboxylic acids is 1. The van der Waals surface area contributed by atoms with Crippen LogP contribution in [0.1, 0.15) is 35.7 Å². The Morgan fingerprint density at radius 2 is 2.26 bits per heavy atom. The molecule has 1 aromatic rings. The van der Waals surface area contributed by atoms with E-state index in [4.69, 9.17) is 10.9 Å². The molecule has 0 saturated heterocycles. The van der Waals surface area contributed by atoms with E-state index in [0.717, 1.165) is 6.42 Å². The molecule has 0 aliphatic heterocycles. The number of rotatable bonds is 5. The van der Waals surface area contributed by atoms with E-state index in [1.54, 1.807) is 6.92 Å². The van der Waals surface area contributed by atoms with Crippen molar-refractivity contribution in [3.8, 4) is 0 Å². The second-order valence-corrected chi connectivity index (χ2v) is 4.30. The fourth-order valence-electron chi connectivity index (χ4n) is 1.68. The molecule has 0 heterocycles. The van der Waals surface area contributed by atoms with Gasteiger partial charge in [-0.2, -0.15) is 0 Å². The Morgan fingerprint density at radius 1 is 1.58 bits per heavy atom. The van der Waals surface area contributed by atoms with Crippen molar-refractivity contribution >= 4 is 11.7 Å². The molecular weight excluding hydrogens is 249 g/mol. The minimum atomic E-state index is -0.534. The van der Waals surface area contributed by atoms with E-state index in [-0.39, 0.29) is 17.6 Å². The molecule has 1 atom stereocenters. The molecule has 0 saturated carbocycles. The second kappa shape index (κ2) is 6.72. The first kappa shape index (κ1) is 14.9. The largest absolute Gasteiger partial charge is 0.409 e. The number of oxime groups is 1. The van der Waals surface area contributed by atoms with Crippen LogP contribution in [0, 0.1) is 12.7 Å². The van der Waals surface area contributed by atoms with Gasteiger partial charge < -0.3 is 16.3 Å². The monoisotopic (exact) mass is 267 g/mol. The standard InChI is InChI=1S/C13H18FN3O2/c1-3-4-11(12(15)17-19)16-13(18)9-5-6-10(14)8(2)7-9/h5-7,11,19H,3-4H2,1-2H3,(H2,15,17)(H,16,18). The van der Waals surface area contributed by atoms with Crippen LogP contribution in [0.3, 0.4) is 0 Å². The lowest BCUT2D eigenvalue weighted by atomic mass is 10.1. The number of hydrogen-bond acceptors (Lipinski definition) is 3. The number of nitrogens with one attached hydrogen (secondary N) is 1. The maximum atomic E-state index is 13.1. The lowest BCUT2D eigenvalue weighted by Crippen LogP contribution is -2.44. The number of halogens is 1. The minimum absolute atomic E-state index is 0.0472. The molecule has 1 amide bonds. The highest BCUT2D eigenvalue weighted by Crippen LogP contribution is 2.10. The predicted molar refractivity (Wildman–Crippen MR) is 70.7 cm³/mol. The molecule has 1 rings (SSSR count). The number of amides is 1. The highest BCUT2D eigenvalue weighted by atomic mass is 19.1. The van der Waals surface area contributed by atoms with Crippen molar-refractivity contribution in [2.75, 3.05) is 0 Å². The zero-order chi connectivity index (χ0) is 14.4. The van der Waals surface area contributed by atoms with Gasteiger partial charge in [-0.3, -0.25) is 4.79 Å². The van der Waals surface area contributed by atoms with E-state index < -0.39 is 6.04 Å². The second-order valence-electron chi connectivity index (χ2n) is 4.30. The number of carbonyl (C=O) groups is 1. The lowest BCUT2D eigenvalue weighted by molar-refractivity contribution is 0.0944. The third kappa shape index (κ3) is 3.94. The Kier molecular flexibility index (Phi) is 5.29. The molecule has 1 unspecified atom stereocenters. The number of aryl methyl sites for hydroxylation is 1. The molecule has 104 valence electrons. The van der Waals surface area contributed by atoms with Crippen molar-refractivity contribution in [1.82, 2.24) is 5.32 Å². The van der Waals surface area contributed by atoms with Gasteiger partial charge in [0.25, 0.3) is 5.91 Å². The molecule has 0 spiro atoms. The average molecular weight is 267 g/mol. The summed E-state index contributed by atoms with van der Waals surface area (Å²) in [5.41, 5.74) is 6.24. The van der Waals surface area contributed by atoms with Crippen molar-refractivity contribution < 1.29 is 14.4 Å². The van der Waals surface area contributed by atoms with Gasteiger partial charge in [-0.05, 0) is 37.1 Å². The summed E-state index contributed by atoms with van der Waals surface area (Å²) < 4.78 is 13.1. The van der Waals surface area contributed by atoms with Crippen LogP contribution >= 0.6 is 0 Å². The summed E-state index contributed by atoms with van der Waals surface area (Å²) in [5.74, 6) is -0.791. The smallest absolute Gasteiger partial charge is 0.251 e. The Hall–Kier alpha value is -2.11. The molecule has 1 aromatic carbocycles. The Bertz CT molecular complexity index is 489. The summed E-state index contributed by atoms with van der Waals surface area (Å²) in [6, 6.07) is 3.56. The van der Waals surface area contributed by atoms with Crippen molar-refractivity contribution in [1.29, 1.82) is 0 Å². The van der Waals surface area contributed by atoms with E-state index >= 15 is 0 Å². The number of amidine groups is 1. The summed E-state index contributed by atoms with van der Waals surface area (Å²) in [7, 11) is 0. The topological polar surface area (TPSA) is 87.7 Å². The first-order valence-electron chi connectivity index (χ1n) is 6.04. The van der Waals surface area contributed by atoms with E-state index in [0.29, 0.717) is 17.5 Å². The van der Waals surface area contributed by atoms with E-state index in [1.807, 2.05) is 6.92 Å². The Labute approximate surface area is 111 Å². The van der Waals surface area contributed by atoms with Crippen LogP contribution in [-0.4, -0.2) is 23.0 Å². The molecule has 4 N–H and O–H groups in total. The number of benzene rings is 1. The molecule has 19 heavy (non-hydrogen) atoms.